The Morgan fingerprint density at radius 2 is 1.75 bits per heavy atom. The van der Waals surface area contributed by atoms with Crippen LogP contribution in [0.3, 0.4) is 0 Å². The summed E-state index contributed by atoms with van der Waals surface area (Å²) in [6, 6.07) is -0.191. The van der Waals surface area contributed by atoms with Crippen molar-refractivity contribution in [3.05, 3.63) is 12.4 Å². The molecule has 0 saturated carbocycles. The van der Waals surface area contributed by atoms with Crippen LogP contribution in [0.4, 0.5) is 15.3 Å². The van der Waals surface area contributed by atoms with Crippen molar-refractivity contribution in [3.8, 4) is 0 Å². The number of hydrogen-bond acceptors (Lipinski definition) is 5. The fourth-order valence-corrected chi connectivity index (χ4v) is 3.62. The summed E-state index contributed by atoms with van der Waals surface area (Å²) in [7, 11) is 1.64. The number of amides is 3. The van der Waals surface area contributed by atoms with Crippen LogP contribution in [0.15, 0.2) is 12.4 Å². The average molecular weight is 391 g/mol. The molecule has 0 aliphatic carbocycles. The third-order valence-electron chi connectivity index (χ3n) is 5.42. The highest BCUT2D eigenvalue weighted by atomic mass is 16.6. The van der Waals surface area contributed by atoms with E-state index in [0.717, 1.165) is 12.8 Å². The standard InChI is InChI=1S/C19H29N5O4/c1-14(25)21(5)15-10-20-24(11-15)16(26)23-12-19(13-23)6-8-22(9-7-19)17(27)28-18(2,3)4/h10-11H,6-9,12-13H2,1-5H3. The monoisotopic (exact) mass is 391 g/mol. The van der Waals surface area contributed by atoms with Gasteiger partial charge in [0.25, 0.3) is 0 Å². The predicted molar refractivity (Wildman–Crippen MR) is 103 cm³/mol. The van der Waals surface area contributed by atoms with Crippen LogP contribution >= 0.6 is 0 Å². The molecule has 0 bridgehead atoms. The molecule has 28 heavy (non-hydrogen) atoms. The molecule has 1 aromatic rings. The minimum absolute atomic E-state index is 0.0698. The number of hydrogen-bond donors (Lipinski definition) is 0. The van der Waals surface area contributed by atoms with Gasteiger partial charge in [-0.2, -0.15) is 9.78 Å². The average Bonchev–Trinajstić information content (AvgIpc) is 3.06. The van der Waals surface area contributed by atoms with E-state index in [2.05, 4.69) is 5.10 Å². The van der Waals surface area contributed by atoms with Crippen LogP contribution in [-0.4, -0.2) is 76.4 Å². The second kappa shape index (κ2) is 7.10. The molecule has 2 saturated heterocycles. The number of carbonyl (C=O) groups is 3. The van der Waals surface area contributed by atoms with Crippen LogP contribution in [0.5, 0.6) is 0 Å². The molecule has 9 heteroatoms. The first-order valence-electron chi connectivity index (χ1n) is 9.56. The molecule has 1 aromatic heterocycles. The largest absolute Gasteiger partial charge is 0.444 e. The zero-order chi connectivity index (χ0) is 20.7. The van der Waals surface area contributed by atoms with Gasteiger partial charge in [0.2, 0.25) is 5.91 Å². The predicted octanol–water partition coefficient (Wildman–Crippen LogP) is 2.17. The Hall–Kier alpha value is -2.58. The first-order chi connectivity index (χ1) is 13.0. The molecule has 0 unspecified atom stereocenters. The lowest BCUT2D eigenvalue weighted by Crippen LogP contribution is -2.63. The number of aromatic nitrogens is 2. The van der Waals surface area contributed by atoms with Crippen molar-refractivity contribution in [2.24, 2.45) is 5.41 Å². The number of piperidine rings is 1. The second-order valence-electron chi connectivity index (χ2n) is 8.83. The SMILES string of the molecule is CC(=O)N(C)c1cnn(C(=O)N2CC3(CCN(C(=O)OC(C)(C)C)CC3)C2)c1. The Morgan fingerprint density at radius 3 is 2.29 bits per heavy atom. The van der Waals surface area contributed by atoms with Crippen LogP contribution in [0.2, 0.25) is 0 Å². The molecule has 3 heterocycles. The van der Waals surface area contributed by atoms with E-state index in [-0.39, 0.29) is 23.4 Å². The maximum absolute atomic E-state index is 12.6. The lowest BCUT2D eigenvalue weighted by Gasteiger charge is -2.53. The van der Waals surface area contributed by atoms with Gasteiger partial charge in [0.15, 0.2) is 0 Å². The van der Waals surface area contributed by atoms with E-state index in [1.807, 2.05) is 20.8 Å². The summed E-state index contributed by atoms with van der Waals surface area (Å²) in [5, 5.41) is 4.09. The van der Waals surface area contributed by atoms with Gasteiger partial charge in [-0.15, -0.1) is 0 Å². The topological polar surface area (TPSA) is 88.0 Å². The van der Waals surface area contributed by atoms with Crippen molar-refractivity contribution in [1.29, 1.82) is 0 Å². The molecule has 0 N–H and O–H groups in total. The van der Waals surface area contributed by atoms with Gasteiger partial charge in [0.05, 0.1) is 18.1 Å². The summed E-state index contributed by atoms with van der Waals surface area (Å²) in [6.07, 6.45) is 4.52. The molecule has 9 nitrogen and oxygen atoms in total. The normalized spacial score (nSPS) is 18.6. The lowest BCUT2D eigenvalue weighted by molar-refractivity contribution is -0.116. The molecular weight excluding hydrogens is 362 g/mol. The summed E-state index contributed by atoms with van der Waals surface area (Å²) >= 11 is 0. The van der Waals surface area contributed by atoms with Gasteiger partial charge in [-0.1, -0.05) is 0 Å². The first-order valence-corrected chi connectivity index (χ1v) is 9.56. The Balaban J connectivity index is 1.51. The number of likely N-dealkylation sites (tertiary alicyclic amines) is 2. The van der Waals surface area contributed by atoms with Crippen molar-refractivity contribution in [1.82, 2.24) is 19.6 Å². The summed E-state index contributed by atoms with van der Waals surface area (Å²) < 4.78 is 6.71. The molecule has 3 amide bonds. The Labute approximate surface area is 165 Å². The van der Waals surface area contributed by atoms with Crippen molar-refractivity contribution in [2.75, 3.05) is 38.1 Å². The highest BCUT2D eigenvalue weighted by Crippen LogP contribution is 2.41. The van der Waals surface area contributed by atoms with Gasteiger partial charge in [-0.25, -0.2) is 9.59 Å². The number of nitrogens with zero attached hydrogens (tertiary/aromatic N) is 5. The minimum atomic E-state index is -0.495. The van der Waals surface area contributed by atoms with Gasteiger partial charge < -0.3 is 19.4 Å². The smallest absolute Gasteiger partial charge is 0.410 e. The van der Waals surface area contributed by atoms with Crippen LogP contribution in [0.25, 0.3) is 0 Å². The van der Waals surface area contributed by atoms with E-state index in [1.54, 1.807) is 23.0 Å². The zero-order valence-corrected chi connectivity index (χ0v) is 17.3. The third kappa shape index (κ3) is 4.13. The molecular formula is C19H29N5O4. The molecule has 154 valence electrons. The highest BCUT2D eigenvalue weighted by molar-refractivity contribution is 5.91. The van der Waals surface area contributed by atoms with Crippen LogP contribution in [0, 0.1) is 5.41 Å². The number of ether oxygens (including phenoxy) is 1. The van der Waals surface area contributed by atoms with E-state index >= 15 is 0 Å². The fourth-order valence-electron chi connectivity index (χ4n) is 3.62. The van der Waals surface area contributed by atoms with Gasteiger partial charge in [-0.3, -0.25) is 4.79 Å². The summed E-state index contributed by atoms with van der Waals surface area (Å²) in [4.78, 5) is 41.2. The Bertz CT molecular complexity index is 766. The van der Waals surface area contributed by atoms with Gasteiger partial charge in [0, 0.05) is 45.6 Å². The maximum Gasteiger partial charge on any atom is 0.410 e. The number of carbonyl (C=O) groups excluding carboxylic acids is 3. The van der Waals surface area contributed by atoms with Crippen molar-refractivity contribution < 1.29 is 19.1 Å². The van der Waals surface area contributed by atoms with Gasteiger partial charge >= 0.3 is 12.1 Å². The van der Waals surface area contributed by atoms with Gasteiger partial charge in [0.1, 0.15) is 5.60 Å². The van der Waals surface area contributed by atoms with E-state index in [4.69, 9.17) is 4.74 Å². The second-order valence-corrected chi connectivity index (χ2v) is 8.83. The lowest BCUT2D eigenvalue weighted by atomic mass is 9.72. The third-order valence-corrected chi connectivity index (χ3v) is 5.42. The fraction of sp³-hybridized carbons (Fsp3) is 0.684. The van der Waals surface area contributed by atoms with Crippen molar-refractivity contribution in [2.45, 2.75) is 46.1 Å². The molecule has 2 aliphatic heterocycles. The number of rotatable bonds is 1. The quantitative estimate of drug-likeness (QED) is 0.732. The summed E-state index contributed by atoms with van der Waals surface area (Å²) in [6.45, 7) is 9.65. The number of anilines is 1. The van der Waals surface area contributed by atoms with E-state index in [1.165, 1.54) is 22.7 Å². The molecule has 3 rings (SSSR count). The Morgan fingerprint density at radius 1 is 1.14 bits per heavy atom. The Kier molecular flexibility index (Phi) is 5.12. The molecule has 0 aromatic carbocycles. The van der Waals surface area contributed by atoms with E-state index < -0.39 is 5.60 Å². The van der Waals surface area contributed by atoms with Crippen LogP contribution in [0.1, 0.15) is 40.5 Å². The van der Waals surface area contributed by atoms with Crippen LogP contribution < -0.4 is 4.90 Å². The van der Waals surface area contributed by atoms with E-state index in [9.17, 15) is 14.4 Å². The molecule has 2 aliphatic rings. The minimum Gasteiger partial charge on any atom is -0.444 e. The first kappa shape index (κ1) is 20.2. The molecule has 1 spiro atoms. The van der Waals surface area contributed by atoms with Gasteiger partial charge in [-0.05, 0) is 33.6 Å². The molecule has 0 atom stereocenters. The molecule has 2 fully saturated rings. The van der Waals surface area contributed by atoms with Crippen LogP contribution in [-0.2, 0) is 9.53 Å². The zero-order valence-electron chi connectivity index (χ0n) is 17.3. The maximum atomic E-state index is 12.6. The summed E-state index contributed by atoms with van der Waals surface area (Å²) in [5.41, 5.74) is 0.160. The van der Waals surface area contributed by atoms with E-state index in [0.29, 0.717) is 31.9 Å². The molecule has 0 radical (unpaired) electrons. The van der Waals surface area contributed by atoms with Crippen molar-refractivity contribution in [3.63, 3.8) is 0 Å². The summed E-state index contributed by atoms with van der Waals surface area (Å²) in [5.74, 6) is -0.119. The van der Waals surface area contributed by atoms with Crippen molar-refractivity contribution >= 4 is 23.7 Å². The highest BCUT2D eigenvalue weighted by Gasteiger charge is 2.48.